The first-order valence-corrected chi connectivity index (χ1v) is 6.96. The quantitative estimate of drug-likeness (QED) is 0.899. The Bertz CT molecular complexity index is 456. The van der Waals surface area contributed by atoms with Gasteiger partial charge in [0.2, 0.25) is 5.91 Å². The van der Waals surface area contributed by atoms with E-state index in [0.717, 1.165) is 25.2 Å². The van der Waals surface area contributed by atoms with Crippen molar-refractivity contribution in [3.05, 3.63) is 29.3 Å². The number of carbonyl (C=O) groups is 1. The molecule has 1 saturated heterocycles. The fourth-order valence-corrected chi connectivity index (χ4v) is 2.55. The molecular formula is C14H21Cl2N3O. The van der Waals surface area contributed by atoms with Crippen LogP contribution in [0.2, 0.25) is 5.02 Å². The summed E-state index contributed by atoms with van der Waals surface area (Å²) in [6.07, 6.45) is 0.950. The number of benzene rings is 1. The third kappa shape index (κ3) is 4.94. The van der Waals surface area contributed by atoms with Crippen LogP contribution in [-0.4, -0.2) is 36.5 Å². The SMILES string of the molecule is CC1CN(CC(=O)Nc2cccc(Cl)c2)CCC1N.Cl. The molecule has 0 radical (unpaired) electrons. The highest BCUT2D eigenvalue weighted by Gasteiger charge is 2.24. The maximum Gasteiger partial charge on any atom is 0.238 e. The highest BCUT2D eigenvalue weighted by atomic mass is 35.5. The van der Waals surface area contributed by atoms with E-state index in [1.807, 2.05) is 12.1 Å². The second-order valence-corrected chi connectivity index (χ2v) is 5.66. The van der Waals surface area contributed by atoms with E-state index in [1.54, 1.807) is 12.1 Å². The van der Waals surface area contributed by atoms with Crippen LogP contribution < -0.4 is 11.1 Å². The molecule has 1 aliphatic heterocycles. The third-order valence-corrected chi connectivity index (χ3v) is 3.77. The van der Waals surface area contributed by atoms with Gasteiger partial charge in [-0.15, -0.1) is 12.4 Å². The lowest BCUT2D eigenvalue weighted by Crippen LogP contribution is -2.48. The Morgan fingerprint density at radius 1 is 1.55 bits per heavy atom. The predicted octanol–water partition coefficient (Wildman–Crippen LogP) is 2.37. The van der Waals surface area contributed by atoms with E-state index >= 15 is 0 Å². The molecule has 1 aromatic carbocycles. The first kappa shape index (κ1) is 17.2. The van der Waals surface area contributed by atoms with Crippen molar-refractivity contribution in [2.24, 2.45) is 11.7 Å². The summed E-state index contributed by atoms with van der Waals surface area (Å²) in [5.74, 6) is 0.428. The zero-order valence-corrected chi connectivity index (χ0v) is 13.1. The molecule has 0 spiro atoms. The molecule has 0 bridgehead atoms. The summed E-state index contributed by atoms with van der Waals surface area (Å²) in [5, 5.41) is 3.48. The summed E-state index contributed by atoms with van der Waals surface area (Å²) in [6.45, 7) is 4.30. The topological polar surface area (TPSA) is 58.4 Å². The molecule has 0 aliphatic carbocycles. The van der Waals surface area contributed by atoms with Crippen LogP contribution in [0.5, 0.6) is 0 Å². The molecule has 20 heavy (non-hydrogen) atoms. The zero-order valence-electron chi connectivity index (χ0n) is 11.5. The van der Waals surface area contributed by atoms with Crippen molar-refractivity contribution in [3.63, 3.8) is 0 Å². The molecule has 1 heterocycles. The lowest BCUT2D eigenvalue weighted by Gasteiger charge is -2.34. The van der Waals surface area contributed by atoms with Gasteiger partial charge in [-0.05, 0) is 30.5 Å². The Balaban J connectivity index is 0.00000200. The second kappa shape index (κ2) is 7.84. The van der Waals surface area contributed by atoms with Crippen molar-refractivity contribution >= 4 is 35.6 Å². The molecule has 0 saturated carbocycles. The molecule has 1 fully saturated rings. The van der Waals surface area contributed by atoms with Crippen molar-refractivity contribution in [3.8, 4) is 0 Å². The van der Waals surface area contributed by atoms with Crippen LogP contribution in [0.4, 0.5) is 5.69 Å². The Morgan fingerprint density at radius 3 is 2.95 bits per heavy atom. The summed E-state index contributed by atoms with van der Waals surface area (Å²) < 4.78 is 0. The van der Waals surface area contributed by atoms with Crippen LogP contribution >= 0.6 is 24.0 Å². The number of hydrogen-bond acceptors (Lipinski definition) is 3. The highest BCUT2D eigenvalue weighted by molar-refractivity contribution is 6.30. The number of piperidine rings is 1. The van der Waals surface area contributed by atoms with E-state index in [2.05, 4.69) is 17.1 Å². The number of rotatable bonds is 3. The Kier molecular flexibility index (Phi) is 6.76. The van der Waals surface area contributed by atoms with Crippen LogP contribution in [0.25, 0.3) is 0 Å². The number of likely N-dealkylation sites (tertiary alicyclic amines) is 1. The molecular weight excluding hydrogens is 297 g/mol. The minimum absolute atomic E-state index is 0. The average Bonchev–Trinajstić information content (AvgIpc) is 2.34. The van der Waals surface area contributed by atoms with E-state index < -0.39 is 0 Å². The molecule has 2 rings (SSSR count). The minimum Gasteiger partial charge on any atom is -0.327 e. The van der Waals surface area contributed by atoms with Gasteiger partial charge in [0.1, 0.15) is 0 Å². The second-order valence-electron chi connectivity index (χ2n) is 5.22. The van der Waals surface area contributed by atoms with Gasteiger partial charge in [-0.25, -0.2) is 0 Å². The summed E-state index contributed by atoms with van der Waals surface area (Å²) >= 11 is 5.88. The Labute approximate surface area is 131 Å². The van der Waals surface area contributed by atoms with Gasteiger partial charge >= 0.3 is 0 Å². The predicted molar refractivity (Wildman–Crippen MR) is 85.5 cm³/mol. The summed E-state index contributed by atoms with van der Waals surface area (Å²) in [6, 6.07) is 7.43. The largest absolute Gasteiger partial charge is 0.327 e. The standard InChI is InChI=1S/C14H20ClN3O.ClH/c1-10-8-18(6-5-13(10)16)9-14(19)17-12-4-2-3-11(15)7-12;/h2-4,7,10,13H,5-6,8-9,16H2,1H3,(H,17,19);1H. The number of nitrogens with two attached hydrogens (primary N) is 1. The maximum absolute atomic E-state index is 12.0. The highest BCUT2D eigenvalue weighted by Crippen LogP contribution is 2.16. The molecule has 2 unspecified atom stereocenters. The van der Waals surface area contributed by atoms with Gasteiger partial charge in [0.15, 0.2) is 0 Å². The number of halogens is 2. The molecule has 1 aliphatic rings. The van der Waals surface area contributed by atoms with Gasteiger partial charge in [-0.1, -0.05) is 24.6 Å². The van der Waals surface area contributed by atoms with Crippen LogP contribution in [0, 0.1) is 5.92 Å². The monoisotopic (exact) mass is 317 g/mol. The minimum atomic E-state index is -0.00932. The van der Waals surface area contributed by atoms with E-state index in [9.17, 15) is 4.79 Å². The summed E-state index contributed by atoms with van der Waals surface area (Å²) in [5.41, 5.74) is 6.71. The van der Waals surface area contributed by atoms with E-state index in [1.165, 1.54) is 0 Å². The fraction of sp³-hybridized carbons (Fsp3) is 0.500. The van der Waals surface area contributed by atoms with Crippen LogP contribution in [0.1, 0.15) is 13.3 Å². The average molecular weight is 318 g/mol. The fourth-order valence-electron chi connectivity index (χ4n) is 2.36. The lowest BCUT2D eigenvalue weighted by atomic mass is 9.95. The van der Waals surface area contributed by atoms with Gasteiger partial charge in [0.05, 0.1) is 6.54 Å². The summed E-state index contributed by atoms with van der Waals surface area (Å²) in [7, 11) is 0. The van der Waals surface area contributed by atoms with Gasteiger partial charge in [-0.3, -0.25) is 9.69 Å². The maximum atomic E-state index is 12.0. The van der Waals surface area contributed by atoms with E-state index in [-0.39, 0.29) is 24.4 Å². The van der Waals surface area contributed by atoms with Crippen molar-refractivity contribution < 1.29 is 4.79 Å². The smallest absolute Gasteiger partial charge is 0.238 e. The van der Waals surface area contributed by atoms with Gasteiger partial charge in [-0.2, -0.15) is 0 Å². The number of anilines is 1. The van der Waals surface area contributed by atoms with Crippen molar-refractivity contribution in [1.29, 1.82) is 0 Å². The molecule has 3 N–H and O–H groups in total. The molecule has 1 aromatic rings. The van der Waals surface area contributed by atoms with E-state index in [4.69, 9.17) is 17.3 Å². The number of carbonyl (C=O) groups excluding carboxylic acids is 1. The molecule has 4 nitrogen and oxygen atoms in total. The first-order chi connectivity index (χ1) is 9.04. The number of hydrogen-bond donors (Lipinski definition) is 2. The molecule has 1 amide bonds. The van der Waals surface area contributed by atoms with Gasteiger partial charge in [0, 0.05) is 29.8 Å². The summed E-state index contributed by atoms with van der Waals surface area (Å²) in [4.78, 5) is 14.1. The number of nitrogens with one attached hydrogen (secondary N) is 1. The van der Waals surface area contributed by atoms with Crippen molar-refractivity contribution in [1.82, 2.24) is 4.90 Å². The molecule has 0 aromatic heterocycles. The molecule has 112 valence electrons. The van der Waals surface area contributed by atoms with Crippen LogP contribution in [0.3, 0.4) is 0 Å². The zero-order chi connectivity index (χ0) is 13.8. The number of nitrogens with zero attached hydrogens (tertiary/aromatic N) is 1. The van der Waals surface area contributed by atoms with Gasteiger partial charge < -0.3 is 11.1 Å². The van der Waals surface area contributed by atoms with E-state index in [0.29, 0.717) is 17.5 Å². The van der Waals surface area contributed by atoms with Crippen LogP contribution in [-0.2, 0) is 4.79 Å². The number of amides is 1. The van der Waals surface area contributed by atoms with Crippen LogP contribution in [0.15, 0.2) is 24.3 Å². The Hall–Kier alpha value is -0.810. The third-order valence-electron chi connectivity index (χ3n) is 3.53. The normalized spacial score (nSPS) is 22.9. The first-order valence-electron chi connectivity index (χ1n) is 6.58. The van der Waals surface area contributed by atoms with Crippen molar-refractivity contribution in [2.75, 3.05) is 25.0 Å². The molecule has 2 atom stereocenters. The van der Waals surface area contributed by atoms with Crippen molar-refractivity contribution in [2.45, 2.75) is 19.4 Å². The Morgan fingerprint density at radius 2 is 2.30 bits per heavy atom. The van der Waals surface area contributed by atoms with Gasteiger partial charge in [0.25, 0.3) is 0 Å². The molecule has 6 heteroatoms. The lowest BCUT2D eigenvalue weighted by molar-refractivity contribution is -0.117.